The number of benzene rings is 2. The van der Waals surface area contributed by atoms with Crippen LogP contribution >= 0.6 is 0 Å². The van der Waals surface area contributed by atoms with Gasteiger partial charge >= 0.3 is 0 Å². The fraction of sp³-hybridized carbons (Fsp3) is 0.586. The van der Waals surface area contributed by atoms with Crippen LogP contribution in [0.4, 0.5) is 11.4 Å². The molecule has 0 spiro atoms. The molecule has 36 heavy (non-hydrogen) atoms. The Morgan fingerprint density at radius 3 is 1.47 bits per heavy atom. The van der Waals surface area contributed by atoms with Crippen LogP contribution in [0.3, 0.4) is 0 Å². The molecule has 1 aliphatic rings. The van der Waals surface area contributed by atoms with Gasteiger partial charge in [-0.15, -0.1) is 0 Å². The molecule has 200 valence electrons. The van der Waals surface area contributed by atoms with Gasteiger partial charge in [0.15, 0.2) is 0 Å². The van der Waals surface area contributed by atoms with Crippen LogP contribution in [-0.4, -0.2) is 90.9 Å². The van der Waals surface area contributed by atoms with Gasteiger partial charge in [-0.05, 0) is 63.1 Å². The van der Waals surface area contributed by atoms with Crippen molar-refractivity contribution in [3.8, 4) is 11.5 Å². The zero-order chi connectivity index (χ0) is 25.9. The lowest BCUT2D eigenvalue weighted by molar-refractivity contribution is 0.0533. The van der Waals surface area contributed by atoms with Crippen molar-refractivity contribution in [2.45, 2.75) is 33.7 Å². The number of fused-ring (bicyclic) bond motifs is 2. The van der Waals surface area contributed by atoms with Crippen LogP contribution in [0.25, 0.3) is 0 Å². The fourth-order valence-electron chi connectivity index (χ4n) is 4.24. The second-order valence-corrected chi connectivity index (χ2v) is 9.84. The van der Waals surface area contributed by atoms with Crippen molar-refractivity contribution >= 4 is 11.4 Å². The minimum atomic E-state index is 0.396. The summed E-state index contributed by atoms with van der Waals surface area (Å²) in [6, 6.07) is 13.2. The summed E-state index contributed by atoms with van der Waals surface area (Å²) in [6.45, 7) is 15.6. The van der Waals surface area contributed by atoms with Crippen LogP contribution in [0.1, 0.15) is 25.0 Å². The first-order valence-electron chi connectivity index (χ1n) is 13.1. The van der Waals surface area contributed by atoms with Gasteiger partial charge in [0.1, 0.15) is 24.7 Å². The Morgan fingerprint density at radius 1 is 0.611 bits per heavy atom. The Hall–Kier alpha value is -2.48. The van der Waals surface area contributed by atoms with E-state index in [1.54, 1.807) is 0 Å². The molecule has 0 radical (unpaired) electrons. The summed E-state index contributed by atoms with van der Waals surface area (Å²) in [5, 5.41) is 0. The van der Waals surface area contributed by atoms with E-state index in [9.17, 15) is 0 Å². The fourth-order valence-corrected chi connectivity index (χ4v) is 4.24. The average molecular weight is 500 g/mol. The van der Waals surface area contributed by atoms with E-state index in [4.69, 9.17) is 18.9 Å². The molecule has 0 unspecified atom stereocenters. The van der Waals surface area contributed by atoms with Gasteiger partial charge < -0.3 is 28.7 Å². The van der Waals surface area contributed by atoms with Gasteiger partial charge in [0.05, 0.1) is 37.8 Å². The molecule has 0 aliphatic carbocycles. The van der Waals surface area contributed by atoms with Crippen LogP contribution < -0.4 is 19.3 Å². The number of ether oxygens (including phenoxy) is 4. The topological polar surface area (TPSA) is 46.6 Å². The van der Waals surface area contributed by atoms with E-state index in [0.717, 1.165) is 49.1 Å². The molecular formula is C29H45N3O4. The Morgan fingerprint density at radius 2 is 1.06 bits per heavy atom. The molecule has 0 saturated heterocycles. The molecule has 0 aromatic heterocycles. The highest BCUT2D eigenvalue weighted by atomic mass is 16.5. The monoisotopic (exact) mass is 499 g/mol. The summed E-state index contributed by atoms with van der Waals surface area (Å²) in [5.74, 6) is 1.83. The molecule has 1 heterocycles. The van der Waals surface area contributed by atoms with Gasteiger partial charge in [-0.2, -0.15) is 0 Å². The third kappa shape index (κ3) is 8.57. The molecule has 0 amide bonds. The first-order chi connectivity index (χ1) is 17.3. The molecule has 0 N–H and O–H groups in total. The minimum Gasteiger partial charge on any atom is -0.490 e. The van der Waals surface area contributed by atoms with E-state index in [1.165, 1.54) is 11.1 Å². The number of nitrogens with zero attached hydrogens (tertiary/aromatic N) is 3. The summed E-state index contributed by atoms with van der Waals surface area (Å²) in [5.41, 5.74) is 4.55. The van der Waals surface area contributed by atoms with Gasteiger partial charge in [0, 0.05) is 46.3 Å². The van der Waals surface area contributed by atoms with E-state index in [2.05, 4.69) is 92.9 Å². The van der Waals surface area contributed by atoms with Crippen LogP contribution in [0.5, 0.6) is 11.5 Å². The van der Waals surface area contributed by atoms with Crippen LogP contribution in [0.2, 0.25) is 0 Å². The molecule has 3 rings (SSSR count). The predicted molar refractivity (Wildman–Crippen MR) is 148 cm³/mol. The van der Waals surface area contributed by atoms with Crippen molar-refractivity contribution in [1.82, 2.24) is 4.90 Å². The molecule has 0 fully saturated rings. The summed E-state index contributed by atoms with van der Waals surface area (Å²) >= 11 is 0. The van der Waals surface area contributed by atoms with Crippen molar-refractivity contribution < 1.29 is 18.9 Å². The zero-order valence-corrected chi connectivity index (χ0v) is 23.1. The van der Waals surface area contributed by atoms with Crippen molar-refractivity contribution in [1.29, 1.82) is 0 Å². The molecule has 7 heteroatoms. The van der Waals surface area contributed by atoms with Crippen molar-refractivity contribution in [2.24, 2.45) is 0 Å². The van der Waals surface area contributed by atoms with E-state index < -0.39 is 0 Å². The number of anilines is 2. The van der Waals surface area contributed by atoms with Crippen LogP contribution in [0.15, 0.2) is 36.4 Å². The van der Waals surface area contributed by atoms with E-state index in [-0.39, 0.29) is 0 Å². The maximum atomic E-state index is 6.31. The first kappa shape index (κ1) is 28.1. The second kappa shape index (κ2) is 14.3. The van der Waals surface area contributed by atoms with E-state index in [1.807, 2.05) is 0 Å². The van der Waals surface area contributed by atoms with Crippen LogP contribution in [-0.2, 0) is 9.47 Å². The minimum absolute atomic E-state index is 0.396. The van der Waals surface area contributed by atoms with Crippen molar-refractivity contribution in [3.63, 3.8) is 0 Å². The molecule has 1 aliphatic heterocycles. The number of aryl methyl sites for hydroxylation is 2. The Labute approximate surface area is 217 Å². The Bertz CT molecular complexity index is 865. The standard InChI is InChI=1S/C29H45N3O4/c1-23(2)32-13-17-35-28-21-24(3)7-9-26(28)30(5)11-15-33-19-20-34-16-12-31(6)27-10-8-25(4)22-29(27)36-18-14-32/h7-10,21-23H,11-20H2,1-6H3. The number of hydrogen-bond acceptors (Lipinski definition) is 7. The normalized spacial score (nSPS) is 18.0. The lowest BCUT2D eigenvalue weighted by Crippen LogP contribution is -2.37. The van der Waals surface area contributed by atoms with E-state index >= 15 is 0 Å². The lowest BCUT2D eigenvalue weighted by Gasteiger charge is -2.28. The molecule has 2 aromatic rings. The molecule has 7 nitrogen and oxygen atoms in total. The van der Waals surface area contributed by atoms with Gasteiger partial charge in [-0.25, -0.2) is 0 Å². The maximum absolute atomic E-state index is 6.31. The lowest BCUT2D eigenvalue weighted by atomic mass is 10.2. The third-order valence-electron chi connectivity index (χ3n) is 6.57. The van der Waals surface area contributed by atoms with Gasteiger partial charge in [0.25, 0.3) is 0 Å². The van der Waals surface area contributed by atoms with Crippen molar-refractivity contribution in [2.75, 3.05) is 89.7 Å². The average Bonchev–Trinajstić information content (AvgIpc) is 2.84. The smallest absolute Gasteiger partial charge is 0.142 e. The molecule has 0 bridgehead atoms. The molecule has 2 aromatic carbocycles. The molecule has 0 saturated carbocycles. The summed E-state index contributed by atoms with van der Waals surface area (Å²) in [4.78, 5) is 6.79. The van der Waals surface area contributed by atoms with Gasteiger partial charge in [-0.3, -0.25) is 4.90 Å². The number of rotatable bonds is 1. The second-order valence-electron chi connectivity index (χ2n) is 9.84. The quantitative estimate of drug-likeness (QED) is 0.577. The summed E-state index contributed by atoms with van der Waals surface area (Å²) in [7, 11) is 4.17. The van der Waals surface area contributed by atoms with Crippen LogP contribution in [0, 0.1) is 13.8 Å². The zero-order valence-electron chi connectivity index (χ0n) is 23.1. The highest BCUT2D eigenvalue weighted by Crippen LogP contribution is 2.30. The van der Waals surface area contributed by atoms with Gasteiger partial charge in [0.2, 0.25) is 0 Å². The molecular weight excluding hydrogens is 454 g/mol. The first-order valence-corrected chi connectivity index (χ1v) is 13.1. The van der Waals surface area contributed by atoms with Gasteiger partial charge in [-0.1, -0.05) is 12.1 Å². The summed E-state index contributed by atoms with van der Waals surface area (Å²) < 4.78 is 24.3. The third-order valence-corrected chi connectivity index (χ3v) is 6.57. The molecule has 0 atom stereocenters. The van der Waals surface area contributed by atoms with Crippen molar-refractivity contribution in [3.05, 3.63) is 47.5 Å². The predicted octanol–water partition coefficient (Wildman–Crippen LogP) is 4.39. The van der Waals surface area contributed by atoms with E-state index in [0.29, 0.717) is 45.7 Å². The maximum Gasteiger partial charge on any atom is 0.142 e. The number of likely N-dealkylation sites (N-methyl/N-ethyl adjacent to an activating group) is 2. The Kier molecular flexibility index (Phi) is 11.2. The summed E-state index contributed by atoms with van der Waals surface area (Å²) in [6.07, 6.45) is 0. The largest absolute Gasteiger partial charge is 0.490 e. The highest BCUT2D eigenvalue weighted by Gasteiger charge is 2.15. The Balaban J connectivity index is 1.73. The SMILES string of the molecule is Cc1ccc2c(c1)OCCN(C(C)C)CCOc1cc(C)ccc1N(C)CCOCCOCCN2C. The highest BCUT2D eigenvalue weighted by molar-refractivity contribution is 5.60. The number of hydrogen-bond donors (Lipinski definition) is 0.